The highest BCUT2D eigenvalue weighted by molar-refractivity contribution is 5.87. The summed E-state index contributed by atoms with van der Waals surface area (Å²) in [5.74, 6) is -0.455. The van der Waals surface area contributed by atoms with Gasteiger partial charge >= 0.3 is 5.97 Å². The zero-order chi connectivity index (χ0) is 15.0. The molecule has 1 unspecified atom stereocenters. The number of carbonyl (C=O) groups is 1. The van der Waals surface area contributed by atoms with Crippen LogP contribution in [0, 0.1) is 0 Å². The smallest absolute Gasteiger partial charge is 0.330 e. The number of aliphatic hydroxyl groups excluding tert-OH is 1. The van der Waals surface area contributed by atoms with Gasteiger partial charge in [0, 0.05) is 18.2 Å². The molecule has 1 atom stereocenters. The second-order valence-corrected chi connectivity index (χ2v) is 5.66. The minimum Gasteiger partial charge on any atom is -0.460 e. The van der Waals surface area contributed by atoms with Crippen LogP contribution in [0.15, 0.2) is 36.4 Å². The summed E-state index contributed by atoms with van der Waals surface area (Å²) in [6.45, 7) is 6.40. The lowest BCUT2D eigenvalue weighted by atomic mass is 10.1. The average Bonchev–Trinajstić information content (AvgIpc) is 2.41. The molecule has 0 aromatic heterocycles. The summed E-state index contributed by atoms with van der Waals surface area (Å²) in [5, 5.41) is 12.8. The lowest BCUT2D eigenvalue weighted by Crippen LogP contribution is -2.42. The van der Waals surface area contributed by atoms with Crippen molar-refractivity contribution in [3.05, 3.63) is 42.0 Å². The number of β-amino-alcohol motifs (C(OH)–C–C–N with tert-alkyl or cyclic N) is 1. The van der Waals surface area contributed by atoms with Crippen molar-refractivity contribution >= 4 is 12.0 Å². The third kappa shape index (κ3) is 7.71. The van der Waals surface area contributed by atoms with Crippen LogP contribution >= 0.6 is 0 Å². The Kier molecular flexibility index (Phi) is 6.42. The summed E-state index contributed by atoms with van der Waals surface area (Å²) < 4.78 is 4.98. The number of benzene rings is 1. The lowest BCUT2D eigenvalue weighted by molar-refractivity contribution is -0.140. The minimum atomic E-state index is -0.705. The van der Waals surface area contributed by atoms with E-state index in [4.69, 9.17) is 4.74 Å². The normalized spacial score (nSPS) is 13.4. The van der Waals surface area contributed by atoms with E-state index in [2.05, 4.69) is 5.32 Å². The first kappa shape index (κ1) is 16.4. The molecule has 0 fully saturated rings. The Morgan fingerprint density at radius 3 is 2.60 bits per heavy atom. The van der Waals surface area contributed by atoms with E-state index in [0.29, 0.717) is 6.54 Å². The minimum absolute atomic E-state index is 0.0129. The Morgan fingerprint density at radius 2 is 2.00 bits per heavy atom. The van der Waals surface area contributed by atoms with Crippen LogP contribution in [0.4, 0.5) is 0 Å². The largest absolute Gasteiger partial charge is 0.460 e. The van der Waals surface area contributed by atoms with Gasteiger partial charge in [0.1, 0.15) is 12.7 Å². The molecule has 0 aliphatic rings. The quantitative estimate of drug-likeness (QED) is 0.617. The van der Waals surface area contributed by atoms with Gasteiger partial charge in [-0.05, 0) is 32.4 Å². The van der Waals surface area contributed by atoms with Gasteiger partial charge in [-0.15, -0.1) is 0 Å². The van der Waals surface area contributed by atoms with Gasteiger partial charge in [0.05, 0.1) is 0 Å². The van der Waals surface area contributed by atoms with E-state index in [1.807, 2.05) is 51.1 Å². The van der Waals surface area contributed by atoms with Crippen LogP contribution in [-0.2, 0) is 9.53 Å². The van der Waals surface area contributed by atoms with E-state index in [-0.39, 0.29) is 12.1 Å². The third-order valence-electron chi connectivity index (χ3n) is 2.50. The molecule has 0 amide bonds. The lowest BCUT2D eigenvalue weighted by Gasteiger charge is -2.22. The molecule has 0 spiro atoms. The summed E-state index contributed by atoms with van der Waals surface area (Å²) in [7, 11) is 0. The molecule has 110 valence electrons. The van der Waals surface area contributed by atoms with E-state index in [1.165, 1.54) is 6.08 Å². The molecule has 0 aliphatic carbocycles. The van der Waals surface area contributed by atoms with E-state index >= 15 is 0 Å². The van der Waals surface area contributed by atoms with Crippen molar-refractivity contribution in [2.75, 3.05) is 13.2 Å². The van der Waals surface area contributed by atoms with Crippen molar-refractivity contribution in [1.29, 1.82) is 0 Å². The van der Waals surface area contributed by atoms with Gasteiger partial charge in [0.2, 0.25) is 0 Å². The Hall–Kier alpha value is -1.65. The number of hydrogen-bond acceptors (Lipinski definition) is 4. The molecular formula is C16H23NO3. The Bertz CT molecular complexity index is 435. The molecule has 20 heavy (non-hydrogen) atoms. The van der Waals surface area contributed by atoms with Crippen molar-refractivity contribution in [1.82, 2.24) is 5.32 Å². The standard InChI is InChI=1S/C16H23NO3/c1-16(2,3)17-11-14(18)12-20-15(19)10-9-13-7-5-4-6-8-13/h4-10,14,17-18H,11-12H2,1-3H3. The van der Waals surface area contributed by atoms with Crippen LogP contribution < -0.4 is 5.32 Å². The zero-order valence-corrected chi connectivity index (χ0v) is 12.3. The Balaban J connectivity index is 2.28. The number of rotatable bonds is 6. The van der Waals surface area contributed by atoms with Gasteiger partial charge in [-0.2, -0.15) is 0 Å². The molecule has 1 aromatic carbocycles. The number of carbonyl (C=O) groups excluding carboxylic acids is 1. The van der Waals surface area contributed by atoms with Gasteiger partial charge < -0.3 is 15.2 Å². The summed E-state index contributed by atoms with van der Waals surface area (Å²) in [6.07, 6.45) is 2.34. The predicted molar refractivity (Wildman–Crippen MR) is 80.2 cm³/mol. The molecule has 0 saturated carbocycles. The monoisotopic (exact) mass is 277 g/mol. The molecule has 4 heteroatoms. The van der Waals surface area contributed by atoms with Crippen LogP contribution in [0.3, 0.4) is 0 Å². The van der Waals surface area contributed by atoms with Crippen molar-refractivity contribution < 1.29 is 14.6 Å². The third-order valence-corrected chi connectivity index (χ3v) is 2.50. The van der Waals surface area contributed by atoms with E-state index in [9.17, 15) is 9.90 Å². The van der Waals surface area contributed by atoms with Gasteiger partial charge in [-0.1, -0.05) is 30.3 Å². The van der Waals surface area contributed by atoms with Crippen molar-refractivity contribution in [2.24, 2.45) is 0 Å². The fourth-order valence-corrected chi connectivity index (χ4v) is 1.44. The summed E-state index contributed by atoms with van der Waals surface area (Å²) in [5.41, 5.74) is 0.859. The molecular weight excluding hydrogens is 254 g/mol. The average molecular weight is 277 g/mol. The van der Waals surface area contributed by atoms with Gasteiger partial charge in [-0.25, -0.2) is 4.79 Å². The van der Waals surface area contributed by atoms with E-state index in [1.54, 1.807) is 6.08 Å². The SMILES string of the molecule is CC(C)(C)NCC(O)COC(=O)C=Cc1ccccc1. The first-order chi connectivity index (χ1) is 9.37. The molecule has 4 nitrogen and oxygen atoms in total. The molecule has 1 rings (SSSR count). The molecule has 0 heterocycles. The van der Waals surface area contributed by atoms with Crippen LogP contribution in [-0.4, -0.2) is 35.9 Å². The Labute approximate surface area is 120 Å². The highest BCUT2D eigenvalue weighted by atomic mass is 16.5. The fourth-order valence-electron chi connectivity index (χ4n) is 1.44. The van der Waals surface area contributed by atoms with Crippen LogP contribution in [0.2, 0.25) is 0 Å². The second-order valence-electron chi connectivity index (χ2n) is 5.66. The molecule has 0 aliphatic heterocycles. The van der Waals surface area contributed by atoms with Gasteiger partial charge in [-0.3, -0.25) is 0 Å². The van der Waals surface area contributed by atoms with Crippen LogP contribution in [0.25, 0.3) is 6.08 Å². The molecule has 0 radical (unpaired) electrons. The first-order valence-corrected chi connectivity index (χ1v) is 6.70. The highest BCUT2D eigenvalue weighted by Gasteiger charge is 2.13. The summed E-state index contributed by atoms with van der Waals surface area (Å²) in [6, 6.07) is 9.49. The number of esters is 1. The number of hydrogen-bond donors (Lipinski definition) is 2. The maximum Gasteiger partial charge on any atom is 0.330 e. The van der Waals surface area contributed by atoms with Crippen molar-refractivity contribution in [3.63, 3.8) is 0 Å². The van der Waals surface area contributed by atoms with E-state index < -0.39 is 12.1 Å². The highest BCUT2D eigenvalue weighted by Crippen LogP contribution is 2.02. The van der Waals surface area contributed by atoms with Crippen molar-refractivity contribution in [2.45, 2.75) is 32.4 Å². The van der Waals surface area contributed by atoms with Crippen molar-refractivity contribution in [3.8, 4) is 0 Å². The van der Waals surface area contributed by atoms with Crippen LogP contribution in [0.1, 0.15) is 26.3 Å². The topological polar surface area (TPSA) is 58.6 Å². The zero-order valence-electron chi connectivity index (χ0n) is 12.3. The second kappa shape index (κ2) is 7.82. The maximum atomic E-state index is 11.5. The fraction of sp³-hybridized carbons (Fsp3) is 0.438. The van der Waals surface area contributed by atoms with Crippen LogP contribution in [0.5, 0.6) is 0 Å². The van der Waals surface area contributed by atoms with Gasteiger partial charge in [0.25, 0.3) is 0 Å². The summed E-state index contributed by atoms with van der Waals surface area (Å²) >= 11 is 0. The first-order valence-electron chi connectivity index (χ1n) is 6.70. The summed E-state index contributed by atoms with van der Waals surface area (Å²) in [4.78, 5) is 11.5. The molecule has 0 bridgehead atoms. The Morgan fingerprint density at radius 1 is 1.35 bits per heavy atom. The number of aliphatic hydroxyl groups is 1. The molecule has 2 N–H and O–H groups in total. The maximum absolute atomic E-state index is 11.5. The van der Waals surface area contributed by atoms with E-state index in [0.717, 1.165) is 5.56 Å². The number of nitrogens with one attached hydrogen (secondary N) is 1. The molecule has 0 saturated heterocycles. The molecule has 1 aromatic rings. The predicted octanol–water partition coefficient (Wildman–Crippen LogP) is 1.99. The number of ether oxygens (including phenoxy) is 1. The van der Waals surface area contributed by atoms with Gasteiger partial charge in [0.15, 0.2) is 0 Å².